The number of nitrogens with one attached hydrogen (secondary N) is 1. The molecule has 3 nitrogen and oxygen atoms in total. The fraction of sp³-hybridized carbons (Fsp3) is 0.333. The Morgan fingerprint density at radius 1 is 1.19 bits per heavy atom. The Kier molecular flexibility index (Phi) is 4.00. The normalized spacial score (nSPS) is 16.6. The quantitative estimate of drug-likeness (QED) is 0.928. The van der Waals surface area contributed by atoms with Crippen LogP contribution in [-0.2, 0) is 6.42 Å². The molecule has 0 amide bonds. The van der Waals surface area contributed by atoms with Crippen molar-refractivity contribution >= 4 is 11.4 Å². The highest BCUT2D eigenvalue weighted by atomic mass is 16.5. The zero-order chi connectivity index (χ0) is 14.7. The molecule has 1 N–H and O–H groups in total. The molecule has 3 heteroatoms. The van der Waals surface area contributed by atoms with E-state index in [9.17, 15) is 0 Å². The third-order valence-electron chi connectivity index (χ3n) is 3.88. The number of likely N-dealkylation sites (N-methyl/N-ethyl adjacent to an activating group) is 1. The highest BCUT2D eigenvalue weighted by Crippen LogP contribution is 2.30. The fourth-order valence-electron chi connectivity index (χ4n) is 2.59. The van der Waals surface area contributed by atoms with Crippen LogP contribution in [0.1, 0.15) is 12.5 Å². The van der Waals surface area contributed by atoms with Crippen molar-refractivity contribution in [2.24, 2.45) is 0 Å². The topological polar surface area (TPSA) is 24.5 Å². The maximum Gasteiger partial charge on any atom is 0.142 e. The first kappa shape index (κ1) is 13.8. The summed E-state index contributed by atoms with van der Waals surface area (Å²) in [4.78, 5) is 2.28. The molecule has 110 valence electrons. The average Bonchev–Trinajstić information content (AvgIpc) is 2.53. The van der Waals surface area contributed by atoms with Crippen LogP contribution in [0.3, 0.4) is 0 Å². The van der Waals surface area contributed by atoms with Crippen LogP contribution >= 0.6 is 0 Å². The first-order valence-electron chi connectivity index (χ1n) is 7.52. The van der Waals surface area contributed by atoms with Crippen molar-refractivity contribution in [1.82, 2.24) is 0 Å². The van der Waals surface area contributed by atoms with Gasteiger partial charge >= 0.3 is 0 Å². The van der Waals surface area contributed by atoms with Crippen molar-refractivity contribution in [1.29, 1.82) is 0 Å². The number of hydrogen-bond donors (Lipinski definition) is 1. The summed E-state index contributed by atoms with van der Waals surface area (Å²) in [6.45, 7) is 3.96. The molecule has 0 spiro atoms. The van der Waals surface area contributed by atoms with E-state index in [0.29, 0.717) is 0 Å². The van der Waals surface area contributed by atoms with E-state index in [4.69, 9.17) is 4.74 Å². The van der Waals surface area contributed by atoms with Gasteiger partial charge in [-0.15, -0.1) is 0 Å². The lowest BCUT2D eigenvalue weighted by Crippen LogP contribution is -2.27. The minimum absolute atomic E-state index is 0.243. The Morgan fingerprint density at radius 3 is 2.81 bits per heavy atom. The van der Waals surface area contributed by atoms with Gasteiger partial charge in [-0.05, 0) is 43.2 Å². The van der Waals surface area contributed by atoms with E-state index >= 15 is 0 Å². The first-order valence-corrected chi connectivity index (χ1v) is 7.52. The number of hydrogen-bond acceptors (Lipinski definition) is 3. The molecular formula is C18H22N2O. The van der Waals surface area contributed by atoms with Gasteiger partial charge in [0.1, 0.15) is 11.9 Å². The van der Waals surface area contributed by atoms with E-state index in [-0.39, 0.29) is 6.10 Å². The van der Waals surface area contributed by atoms with Crippen LogP contribution in [0.2, 0.25) is 0 Å². The maximum atomic E-state index is 5.81. The molecule has 1 atom stereocenters. The highest BCUT2D eigenvalue weighted by molar-refractivity contribution is 5.59. The highest BCUT2D eigenvalue weighted by Gasteiger charge is 2.15. The molecule has 2 aromatic carbocycles. The van der Waals surface area contributed by atoms with Crippen LogP contribution < -0.4 is 15.0 Å². The van der Waals surface area contributed by atoms with Crippen molar-refractivity contribution in [3.05, 3.63) is 54.1 Å². The number of ether oxygens (including phenoxy) is 1. The first-order chi connectivity index (χ1) is 10.2. The minimum Gasteiger partial charge on any atom is -0.487 e. The van der Waals surface area contributed by atoms with Crippen molar-refractivity contribution in [3.8, 4) is 5.75 Å². The molecule has 1 heterocycles. The molecule has 1 aliphatic heterocycles. The zero-order valence-corrected chi connectivity index (χ0v) is 12.7. The Bertz CT molecular complexity index is 597. The molecule has 0 saturated heterocycles. The Morgan fingerprint density at radius 2 is 2.00 bits per heavy atom. The van der Waals surface area contributed by atoms with Gasteiger partial charge in [-0.25, -0.2) is 0 Å². The minimum atomic E-state index is 0.243. The van der Waals surface area contributed by atoms with Crippen molar-refractivity contribution in [2.45, 2.75) is 19.4 Å². The lowest BCUT2D eigenvalue weighted by Gasteiger charge is -2.25. The van der Waals surface area contributed by atoms with Crippen LogP contribution in [0.15, 0.2) is 48.5 Å². The SMILES string of the molecule is CC1CNc2cc(CCN(C)c3ccccc3)ccc2O1. The predicted molar refractivity (Wildman–Crippen MR) is 88.4 cm³/mol. The van der Waals surface area contributed by atoms with E-state index in [2.05, 4.69) is 66.7 Å². The molecule has 3 rings (SSSR count). The second-order valence-corrected chi connectivity index (χ2v) is 5.65. The summed E-state index contributed by atoms with van der Waals surface area (Å²) < 4.78 is 5.81. The van der Waals surface area contributed by atoms with Crippen LogP contribution in [-0.4, -0.2) is 26.2 Å². The Hall–Kier alpha value is -2.16. The largest absolute Gasteiger partial charge is 0.487 e. The predicted octanol–water partition coefficient (Wildman–Crippen LogP) is 3.56. The van der Waals surface area contributed by atoms with Crippen molar-refractivity contribution < 1.29 is 4.74 Å². The number of para-hydroxylation sites is 1. The third-order valence-corrected chi connectivity index (χ3v) is 3.88. The summed E-state index contributed by atoms with van der Waals surface area (Å²) in [7, 11) is 2.14. The second kappa shape index (κ2) is 6.08. The molecule has 21 heavy (non-hydrogen) atoms. The molecule has 0 aliphatic carbocycles. The summed E-state index contributed by atoms with van der Waals surface area (Å²) >= 11 is 0. The molecule has 0 bridgehead atoms. The van der Waals surface area contributed by atoms with E-state index in [1.54, 1.807) is 0 Å². The molecule has 1 aliphatic rings. The fourth-order valence-corrected chi connectivity index (χ4v) is 2.59. The average molecular weight is 282 g/mol. The Balaban J connectivity index is 1.63. The molecule has 0 fully saturated rings. The number of benzene rings is 2. The van der Waals surface area contributed by atoms with Gasteiger partial charge in [-0.3, -0.25) is 0 Å². The second-order valence-electron chi connectivity index (χ2n) is 5.65. The lowest BCUT2D eigenvalue weighted by molar-refractivity contribution is 0.226. The third kappa shape index (κ3) is 3.30. The summed E-state index contributed by atoms with van der Waals surface area (Å²) in [5.74, 6) is 0.967. The van der Waals surface area contributed by atoms with E-state index < -0.39 is 0 Å². The summed E-state index contributed by atoms with van der Waals surface area (Å²) in [6.07, 6.45) is 1.27. The van der Waals surface area contributed by atoms with Gasteiger partial charge in [0, 0.05) is 19.3 Å². The van der Waals surface area contributed by atoms with E-state index in [0.717, 1.165) is 30.9 Å². The van der Waals surface area contributed by atoms with Crippen LogP contribution in [0.4, 0.5) is 11.4 Å². The van der Waals surface area contributed by atoms with Crippen LogP contribution in [0.25, 0.3) is 0 Å². The van der Waals surface area contributed by atoms with Crippen molar-refractivity contribution in [2.75, 3.05) is 30.4 Å². The number of nitrogens with zero attached hydrogens (tertiary/aromatic N) is 1. The molecule has 1 unspecified atom stereocenters. The maximum absolute atomic E-state index is 5.81. The van der Waals surface area contributed by atoms with Crippen LogP contribution in [0.5, 0.6) is 5.75 Å². The molecule has 2 aromatic rings. The van der Waals surface area contributed by atoms with Gasteiger partial charge in [-0.2, -0.15) is 0 Å². The van der Waals surface area contributed by atoms with Gasteiger partial charge in [-0.1, -0.05) is 24.3 Å². The van der Waals surface area contributed by atoms with Gasteiger partial charge in [0.25, 0.3) is 0 Å². The Labute approximate surface area is 126 Å². The van der Waals surface area contributed by atoms with Gasteiger partial charge in [0.05, 0.1) is 12.2 Å². The van der Waals surface area contributed by atoms with Crippen LogP contribution in [0, 0.1) is 0 Å². The molecule has 0 radical (unpaired) electrons. The summed E-state index contributed by atoms with van der Waals surface area (Å²) in [6, 6.07) is 16.9. The van der Waals surface area contributed by atoms with Crippen molar-refractivity contribution in [3.63, 3.8) is 0 Å². The monoisotopic (exact) mass is 282 g/mol. The number of rotatable bonds is 4. The standard InChI is InChI=1S/C18H22N2O/c1-14-13-19-17-12-15(8-9-18(17)21-14)10-11-20(2)16-6-4-3-5-7-16/h3-9,12,14,19H,10-11,13H2,1-2H3. The number of fused-ring (bicyclic) bond motifs is 1. The van der Waals surface area contributed by atoms with Gasteiger partial charge < -0.3 is 15.0 Å². The van der Waals surface area contributed by atoms with Gasteiger partial charge in [0.2, 0.25) is 0 Å². The van der Waals surface area contributed by atoms with E-state index in [1.165, 1.54) is 11.3 Å². The number of anilines is 2. The zero-order valence-electron chi connectivity index (χ0n) is 12.7. The summed E-state index contributed by atoms with van der Waals surface area (Å²) in [5, 5.41) is 3.43. The lowest BCUT2D eigenvalue weighted by atomic mass is 10.1. The molecule has 0 saturated carbocycles. The molecule has 0 aromatic heterocycles. The smallest absolute Gasteiger partial charge is 0.142 e. The van der Waals surface area contributed by atoms with E-state index in [1.807, 2.05) is 6.07 Å². The van der Waals surface area contributed by atoms with Gasteiger partial charge in [0.15, 0.2) is 0 Å². The molecular weight excluding hydrogens is 260 g/mol. The summed E-state index contributed by atoms with van der Waals surface area (Å²) in [5.41, 5.74) is 3.71.